The summed E-state index contributed by atoms with van der Waals surface area (Å²) in [6.45, 7) is 6.52. The molecule has 6 heteroatoms. The second-order valence-electron chi connectivity index (χ2n) is 6.21. The lowest BCUT2D eigenvalue weighted by molar-refractivity contribution is 0.206. The number of hydrogen-bond acceptors (Lipinski definition) is 2. The zero-order chi connectivity index (χ0) is 17.4. The minimum atomic E-state index is 0.494. The summed E-state index contributed by atoms with van der Waals surface area (Å²) >= 11 is 12.4. The number of guanidine groups is 1. The molecule has 0 bridgehead atoms. The van der Waals surface area contributed by atoms with E-state index in [0.29, 0.717) is 6.04 Å². The molecular weight excluding hydrogens is 343 g/mol. The van der Waals surface area contributed by atoms with Crippen LogP contribution in [0.1, 0.15) is 31.7 Å². The molecule has 134 valence electrons. The number of benzene rings is 1. The van der Waals surface area contributed by atoms with Crippen molar-refractivity contribution >= 4 is 29.2 Å². The van der Waals surface area contributed by atoms with E-state index >= 15 is 0 Å². The molecule has 1 aliphatic heterocycles. The van der Waals surface area contributed by atoms with Crippen molar-refractivity contribution in [3.63, 3.8) is 0 Å². The number of nitrogens with one attached hydrogen (secondary N) is 2. The molecule has 4 nitrogen and oxygen atoms in total. The summed E-state index contributed by atoms with van der Waals surface area (Å²) in [5.41, 5.74) is 0.983. The van der Waals surface area contributed by atoms with Crippen molar-refractivity contribution in [1.82, 2.24) is 15.5 Å². The molecule has 0 spiro atoms. The number of hydrogen-bond donors (Lipinski definition) is 2. The lowest BCUT2D eigenvalue weighted by Crippen LogP contribution is -2.49. The molecule has 2 N–H and O–H groups in total. The SMILES string of the molecule is CCCN1CCC(NC(=NC)NCCc2c(Cl)cccc2Cl)CC1. The Labute approximate surface area is 155 Å². The molecule has 0 unspecified atom stereocenters. The predicted octanol–water partition coefficient (Wildman–Crippen LogP) is 3.58. The Kier molecular flexibility index (Phi) is 8.16. The third-order valence-electron chi connectivity index (χ3n) is 4.42. The van der Waals surface area contributed by atoms with Gasteiger partial charge in [-0.3, -0.25) is 4.99 Å². The first-order valence-electron chi connectivity index (χ1n) is 8.76. The Morgan fingerprint density at radius 2 is 1.92 bits per heavy atom. The van der Waals surface area contributed by atoms with E-state index < -0.39 is 0 Å². The molecule has 1 aromatic rings. The monoisotopic (exact) mass is 370 g/mol. The quantitative estimate of drug-likeness (QED) is 0.593. The van der Waals surface area contributed by atoms with Crippen LogP contribution in [0.3, 0.4) is 0 Å². The molecule has 0 radical (unpaired) electrons. The molecule has 0 saturated carbocycles. The minimum Gasteiger partial charge on any atom is -0.356 e. The van der Waals surface area contributed by atoms with E-state index in [2.05, 4.69) is 27.4 Å². The number of nitrogens with zero attached hydrogens (tertiary/aromatic N) is 2. The van der Waals surface area contributed by atoms with Crippen molar-refractivity contribution in [3.05, 3.63) is 33.8 Å². The van der Waals surface area contributed by atoms with Gasteiger partial charge in [-0.2, -0.15) is 0 Å². The molecule has 0 aliphatic carbocycles. The van der Waals surface area contributed by atoms with Crippen molar-refractivity contribution in [3.8, 4) is 0 Å². The number of halogens is 2. The van der Waals surface area contributed by atoms with Crippen LogP contribution in [0.4, 0.5) is 0 Å². The van der Waals surface area contributed by atoms with Gasteiger partial charge in [0.15, 0.2) is 5.96 Å². The van der Waals surface area contributed by atoms with Crippen LogP contribution in [0, 0.1) is 0 Å². The topological polar surface area (TPSA) is 39.7 Å². The molecule has 1 fully saturated rings. The first-order chi connectivity index (χ1) is 11.6. The molecule has 24 heavy (non-hydrogen) atoms. The van der Waals surface area contributed by atoms with Crippen LogP contribution in [0.15, 0.2) is 23.2 Å². The average Bonchev–Trinajstić information content (AvgIpc) is 2.58. The fourth-order valence-corrected chi connectivity index (χ4v) is 3.67. The first kappa shape index (κ1) is 19.4. The smallest absolute Gasteiger partial charge is 0.191 e. The molecule has 1 heterocycles. The van der Waals surface area contributed by atoms with Gasteiger partial charge in [0, 0.05) is 42.8 Å². The fourth-order valence-electron chi connectivity index (χ4n) is 3.08. The number of piperidine rings is 1. The van der Waals surface area contributed by atoms with Gasteiger partial charge >= 0.3 is 0 Å². The molecule has 2 rings (SSSR count). The summed E-state index contributed by atoms with van der Waals surface area (Å²) in [5.74, 6) is 0.854. The van der Waals surface area contributed by atoms with Crippen LogP contribution in [-0.2, 0) is 6.42 Å². The van der Waals surface area contributed by atoms with E-state index in [1.165, 1.54) is 13.0 Å². The summed E-state index contributed by atoms with van der Waals surface area (Å²) in [6, 6.07) is 6.11. The molecule has 0 atom stereocenters. The zero-order valence-electron chi connectivity index (χ0n) is 14.6. The molecule has 0 amide bonds. The van der Waals surface area contributed by atoms with Gasteiger partial charge in [-0.15, -0.1) is 0 Å². The maximum atomic E-state index is 6.21. The molecule has 0 aromatic heterocycles. The van der Waals surface area contributed by atoms with Crippen LogP contribution in [0.2, 0.25) is 10.0 Å². The van der Waals surface area contributed by atoms with E-state index in [4.69, 9.17) is 23.2 Å². The predicted molar refractivity (Wildman–Crippen MR) is 104 cm³/mol. The standard InChI is InChI=1S/C18H28Cl2N4/c1-3-11-24-12-8-14(9-13-24)23-18(21-2)22-10-7-15-16(19)5-4-6-17(15)20/h4-6,14H,3,7-13H2,1-2H3,(H2,21,22,23). The highest BCUT2D eigenvalue weighted by Crippen LogP contribution is 2.24. The fraction of sp³-hybridized carbons (Fsp3) is 0.611. The van der Waals surface area contributed by atoms with Gasteiger partial charge in [0.2, 0.25) is 0 Å². The normalized spacial score (nSPS) is 17.1. The lowest BCUT2D eigenvalue weighted by Gasteiger charge is -2.32. The maximum absolute atomic E-state index is 6.21. The Balaban J connectivity index is 1.75. The van der Waals surface area contributed by atoms with E-state index in [9.17, 15) is 0 Å². The molecule has 1 aromatic carbocycles. The Morgan fingerprint density at radius 1 is 1.25 bits per heavy atom. The van der Waals surface area contributed by atoms with Crippen molar-refractivity contribution < 1.29 is 0 Å². The van der Waals surface area contributed by atoms with Crippen molar-refractivity contribution in [1.29, 1.82) is 0 Å². The first-order valence-corrected chi connectivity index (χ1v) is 9.52. The van der Waals surface area contributed by atoms with Crippen molar-refractivity contribution in [2.45, 2.75) is 38.6 Å². The van der Waals surface area contributed by atoms with Gasteiger partial charge < -0.3 is 15.5 Å². The van der Waals surface area contributed by atoms with Crippen LogP contribution < -0.4 is 10.6 Å². The van der Waals surface area contributed by atoms with Gasteiger partial charge in [0.1, 0.15) is 0 Å². The highest BCUT2D eigenvalue weighted by molar-refractivity contribution is 6.35. The highest BCUT2D eigenvalue weighted by Gasteiger charge is 2.19. The zero-order valence-corrected chi connectivity index (χ0v) is 16.1. The molecule has 1 aliphatic rings. The Hall–Kier alpha value is -0.970. The largest absolute Gasteiger partial charge is 0.356 e. The number of aliphatic imine (C=N–C) groups is 1. The van der Waals surface area contributed by atoms with Crippen molar-refractivity contribution in [2.75, 3.05) is 33.2 Å². The highest BCUT2D eigenvalue weighted by atomic mass is 35.5. The van der Waals surface area contributed by atoms with Gasteiger partial charge in [0.25, 0.3) is 0 Å². The van der Waals surface area contributed by atoms with Gasteiger partial charge in [-0.25, -0.2) is 0 Å². The van der Waals surface area contributed by atoms with Gasteiger partial charge in [-0.05, 0) is 49.9 Å². The van der Waals surface area contributed by atoms with E-state index in [-0.39, 0.29) is 0 Å². The summed E-state index contributed by atoms with van der Waals surface area (Å²) in [5, 5.41) is 8.33. The summed E-state index contributed by atoms with van der Waals surface area (Å²) in [4.78, 5) is 6.86. The number of likely N-dealkylation sites (tertiary alicyclic amines) is 1. The summed E-state index contributed by atoms with van der Waals surface area (Å²) in [6.07, 6.45) is 4.33. The van der Waals surface area contributed by atoms with Crippen LogP contribution in [-0.4, -0.2) is 50.1 Å². The van der Waals surface area contributed by atoms with E-state index in [1.807, 2.05) is 25.2 Å². The lowest BCUT2D eigenvalue weighted by atomic mass is 10.1. The maximum Gasteiger partial charge on any atom is 0.191 e. The van der Waals surface area contributed by atoms with Crippen LogP contribution >= 0.6 is 23.2 Å². The second-order valence-corrected chi connectivity index (χ2v) is 7.02. The minimum absolute atomic E-state index is 0.494. The van der Waals surface area contributed by atoms with Gasteiger partial charge in [0.05, 0.1) is 0 Å². The summed E-state index contributed by atoms with van der Waals surface area (Å²) < 4.78 is 0. The van der Waals surface area contributed by atoms with Gasteiger partial charge in [-0.1, -0.05) is 36.2 Å². The second kappa shape index (κ2) is 10.1. The summed E-state index contributed by atoms with van der Waals surface area (Å²) in [7, 11) is 1.81. The van der Waals surface area contributed by atoms with E-state index in [1.54, 1.807) is 0 Å². The van der Waals surface area contributed by atoms with Crippen molar-refractivity contribution in [2.24, 2.45) is 4.99 Å². The average molecular weight is 371 g/mol. The van der Waals surface area contributed by atoms with Crippen LogP contribution in [0.25, 0.3) is 0 Å². The third kappa shape index (κ3) is 5.83. The Bertz CT molecular complexity index is 520. The molecule has 1 saturated heterocycles. The van der Waals surface area contributed by atoms with E-state index in [0.717, 1.165) is 60.5 Å². The van der Waals surface area contributed by atoms with Crippen LogP contribution in [0.5, 0.6) is 0 Å². The Morgan fingerprint density at radius 3 is 2.50 bits per heavy atom. The number of rotatable bonds is 6. The third-order valence-corrected chi connectivity index (χ3v) is 5.13. The molecular formula is C18H28Cl2N4.